The summed E-state index contributed by atoms with van der Waals surface area (Å²) in [7, 11) is 0. The zero-order valence-corrected chi connectivity index (χ0v) is 11.1. The fourth-order valence-electron chi connectivity index (χ4n) is 2.21. The first-order chi connectivity index (χ1) is 10.1. The Balaban J connectivity index is 1.85. The van der Waals surface area contributed by atoms with Crippen LogP contribution in [0.25, 0.3) is 0 Å². The summed E-state index contributed by atoms with van der Waals surface area (Å²) in [6.07, 6.45) is 2.44. The van der Waals surface area contributed by atoms with Gasteiger partial charge in [0.2, 0.25) is 0 Å². The Bertz CT molecular complexity index is 691. The van der Waals surface area contributed by atoms with Crippen molar-refractivity contribution in [3.63, 3.8) is 0 Å². The fourth-order valence-corrected chi connectivity index (χ4v) is 2.21. The van der Waals surface area contributed by atoms with Crippen LogP contribution >= 0.6 is 0 Å². The number of carboxylic acid groups (broad SMARTS) is 1. The molecule has 1 aromatic heterocycles. The number of hydrogen-bond donors (Lipinski definition) is 2. The number of aliphatic imine (C=N–C) groups is 1. The van der Waals surface area contributed by atoms with Crippen molar-refractivity contribution in [1.82, 2.24) is 9.55 Å². The molecule has 2 heterocycles. The van der Waals surface area contributed by atoms with Crippen molar-refractivity contribution in [2.24, 2.45) is 4.99 Å². The van der Waals surface area contributed by atoms with Crippen LogP contribution in [0.3, 0.4) is 0 Å². The summed E-state index contributed by atoms with van der Waals surface area (Å²) in [5, 5.41) is 23.6. The van der Waals surface area contributed by atoms with Gasteiger partial charge in [0, 0.05) is 0 Å². The molecule has 0 saturated heterocycles. The lowest BCUT2D eigenvalue weighted by Gasteiger charge is -2.10. The summed E-state index contributed by atoms with van der Waals surface area (Å²) < 4.78 is 1.84. The van der Waals surface area contributed by atoms with Gasteiger partial charge in [-0.2, -0.15) is 0 Å². The summed E-state index contributed by atoms with van der Waals surface area (Å²) >= 11 is 0. The number of aromatic nitrogens is 2. The minimum atomic E-state index is -1.20. The van der Waals surface area contributed by atoms with Gasteiger partial charge in [0.1, 0.15) is 17.6 Å². The third-order valence-corrected chi connectivity index (χ3v) is 3.30. The molecule has 1 aromatic carbocycles. The van der Waals surface area contributed by atoms with E-state index in [1.54, 1.807) is 18.5 Å². The normalized spacial score (nSPS) is 16.9. The number of carboxylic acids is 1. The molecule has 3 rings (SSSR count). The predicted octanol–water partition coefficient (Wildman–Crippen LogP) is -0.218. The second-order valence-corrected chi connectivity index (χ2v) is 4.75. The minimum absolute atomic E-state index is 0.142. The van der Waals surface area contributed by atoms with Crippen LogP contribution in [0, 0.1) is 0 Å². The number of nitrogens with one attached hydrogen (secondary N) is 1. The van der Waals surface area contributed by atoms with E-state index in [0.29, 0.717) is 18.1 Å². The molecule has 1 aliphatic heterocycles. The summed E-state index contributed by atoms with van der Waals surface area (Å²) in [6, 6.07) is 6.45. The lowest BCUT2D eigenvalue weighted by Crippen LogP contribution is -2.22. The molecule has 7 heteroatoms. The van der Waals surface area contributed by atoms with Crippen LogP contribution in [0.2, 0.25) is 0 Å². The van der Waals surface area contributed by atoms with Gasteiger partial charge in [0.15, 0.2) is 0 Å². The van der Waals surface area contributed by atoms with Gasteiger partial charge < -0.3 is 24.9 Å². The molecule has 0 amide bonds. The van der Waals surface area contributed by atoms with Gasteiger partial charge in [-0.3, -0.25) is 4.99 Å². The maximum Gasteiger partial charge on any atom is 0.137 e. The van der Waals surface area contributed by atoms with Crippen molar-refractivity contribution in [2.45, 2.75) is 12.6 Å². The molecule has 21 heavy (non-hydrogen) atoms. The van der Waals surface area contributed by atoms with Crippen LogP contribution in [0.5, 0.6) is 0 Å². The largest absolute Gasteiger partial charge is 0.545 e. The molecular weight excluding hydrogens is 272 g/mol. The maximum absolute atomic E-state index is 10.7. The number of imidazole rings is 1. The highest BCUT2D eigenvalue weighted by atomic mass is 16.4. The van der Waals surface area contributed by atoms with Gasteiger partial charge in [0.05, 0.1) is 31.7 Å². The van der Waals surface area contributed by atoms with Crippen LogP contribution in [0.1, 0.15) is 27.7 Å². The number of rotatable bonds is 3. The standard InChI is InChI=1S/C14H14N4O3/c19-11-5-15-7-16-13-12(11)17-8-18(13)6-9-1-3-10(4-2-9)14(20)21/h1-4,7-8,11,19H,5-6H2,(H,15,16)(H,20,21)/p-1. The Morgan fingerprint density at radius 2 is 2.19 bits per heavy atom. The van der Waals surface area contributed by atoms with Gasteiger partial charge in [0.25, 0.3) is 0 Å². The van der Waals surface area contributed by atoms with Gasteiger partial charge in [-0.15, -0.1) is 0 Å². The zero-order valence-electron chi connectivity index (χ0n) is 11.1. The average molecular weight is 285 g/mol. The number of carbonyl (C=O) groups excluding carboxylic acids is 1. The van der Waals surface area contributed by atoms with E-state index in [9.17, 15) is 15.0 Å². The van der Waals surface area contributed by atoms with Gasteiger partial charge in [-0.25, -0.2) is 4.98 Å². The summed E-state index contributed by atoms with van der Waals surface area (Å²) in [5.74, 6) is -0.508. The lowest BCUT2D eigenvalue weighted by molar-refractivity contribution is -0.255. The number of benzene rings is 1. The second kappa shape index (κ2) is 5.37. The number of aromatic carboxylic acids is 1. The van der Waals surface area contributed by atoms with Gasteiger partial charge >= 0.3 is 0 Å². The van der Waals surface area contributed by atoms with E-state index >= 15 is 0 Å². The molecule has 2 N–H and O–H groups in total. The van der Waals surface area contributed by atoms with E-state index < -0.39 is 12.1 Å². The van der Waals surface area contributed by atoms with Crippen molar-refractivity contribution in [1.29, 1.82) is 0 Å². The molecule has 0 saturated carbocycles. The molecule has 0 spiro atoms. The van der Waals surface area contributed by atoms with E-state index in [1.807, 2.05) is 4.57 Å². The molecule has 0 bridgehead atoms. The topological polar surface area (TPSA) is 103 Å². The monoisotopic (exact) mass is 285 g/mol. The number of anilines is 1. The summed E-state index contributed by atoms with van der Waals surface area (Å²) in [4.78, 5) is 18.9. The number of aliphatic hydroxyl groups is 1. The van der Waals surface area contributed by atoms with Crippen molar-refractivity contribution >= 4 is 18.1 Å². The molecule has 1 atom stereocenters. The average Bonchev–Trinajstić information content (AvgIpc) is 2.77. The Kier molecular flexibility index (Phi) is 3.41. The van der Waals surface area contributed by atoms with Crippen molar-refractivity contribution < 1.29 is 15.0 Å². The number of aliphatic hydroxyl groups excluding tert-OH is 1. The van der Waals surface area contributed by atoms with Crippen LogP contribution in [0.15, 0.2) is 35.6 Å². The molecule has 0 aliphatic carbocycles. The Morgan fingerprint density at radius 1 is 1.43 bits per heavy atom. The minimum Gasteiger partial charge on any atom is -0.545 e. The Labute approximate surface area is 120 Å². The van der Waals surface area contributed by atoms with Crippen molar-refractivity contribution in [3.8, 4) is 0 Å². The summed E-state index contributed by atoms with van der Waals surface area (Å²) in [6.45, 7) is 0.778. The first-order valence-corrected chi connectivity index (χ1v) is 6.43. The van der Waals surface area contributed by atoms with Crippen molar-refractivity contribution in [2.75, 3.05) is 11.9 Å². The first kappa shape index (κ1) is 13.3. The molecule has 1 aliphatic rings. The molecule has 0 radical (unpaired) electrons. The van der Waals surface area contributed by atoms with Gasteiger partial charge in [-0.05, 0) is 11.1 Å². The highest BCUT2D eigenvalue weighted by Gasteiger charge is 2.19. The van der Waals surface area contributed by atoms with E-state index in [4.69, 9.17) is 0 Å². The SMILES string of the molecule is O=C([O-])c1ccc(Cn2cnc3c2NC=NCC3O)cc1. The Hall–Kier alpha value is -2.67. The van der Waals surface area contributed by atoms with Crippen LogP contribution < -0.4 is 10.4 Å². The molecule has 7 nitrogen and oxygen atoms in total. The third kappa shape index (κ3) is 2.63. The smallest absolute Gasteiger partial charge is 0.137 e. The van der Waals surface area contributed by atoms with E-state index in [1.165, 1.54) is 18.5 Å². The molecule has 2 aromatic rings. The second-order valence-electron chi connectivity index (χ2n) is 4.75. The predicted molar refractivity (Wildman–Crippen MR) is 74.0 cm³/mol. The van der Waals surface area contributed by atoms with Gasteiger partial charge in [-0.1, -0.05) is 24.3 Å². The first-order valence-electron chi connectivity index (χ1n) is 6.43. The third-order valence-electron chi connectivity index (χ3n) is 3.30. The quantitative estimate of drug-likeness (QED) is 0.811. The zero-order chi connectivity index (χ0) is 14.8. The van der Waals surface area contributed by atoms with E-state index in [2.05, 4.69) is 15.3 Å². The Morgan fingerprint density at radius 3 is 2.90 bits per heavy atom. The van der Waals surface area contributed by atoms with Crippen LogP contribution in [0.4, 0.5) is 5.82 Å². The summed E-state index contributed by atoms with van der Waals surface area (Å²) in [5.41, 5.74) is 1.61. The van der Waals surface area contributed by atoms with E-state index in [-0.39, 0.29) is 12.1 Å². The number of carbonyl (C=O) groups is 1. The maximum atomic E-state index is 10.7. The number of fused-ring (bicyclic) bond motifs is 1. The molecule has 1 unspecified atom stereocenters. The lowest BCUT2D eigenvalue weighted by atomic mass is 10.1. The van der Waals surface area contributed by atoms with Crippen LogP contribution in [-0.4, -0.2) is 33.5 Å². The number of hydrogen-bond acceptors (Lipinski definition) is 6. The highest BCUT2D eigenvalue weighted by molar-refractivity contribution is 5.85. The fraction of sp³-hybridized carbons (Fsp3) is 0.214. The van der Waals surface area contributed by atoms with E-state index in [0.717, 1.165) is 5.56 Å². The van der Waals surface area contributed by atoms with Crippen molar-refractivity contribution in [3.05, 3.63) is 47.4 Å². The highest BCUT2D eigenvalue weighted by Crippen LogP contribution is 2.24. The number of nitrogens with zero attached hydrogens (tertiary/aromatic N) is 3. The molecule has 0 fully saturated rings. The molecular formula is C14H13N4O3-. The molecule has 108 valence electrons. The van der Waals surface area contributed by atoms with Crippen LogP contribution in [-0.2, 0) is 6.54 Å².